The van der Waals surface area contributed by atoms with Gasteiger partial charge in [0.05, 0.1) is 5.75 Å². The highest BCUT2D eigenvalue weighted by atomic mass is 32.2. The van der Waals surface area contributed by atoms with Crippen LogP contribution in [0.5, 0.6) is 0 Å². The molecule has 94 valence electrons. The molecule has 1 N–H and O–H groups in total. The highest BCUT2D eigenvalue weighted by Gasteiger charge is 2.14. The topological polar surface area (TPSA) is 63.2 Å². The molecule has 1 rings (SSSR count). The summed E-state index contributed by atoms with van der Waals surface area (Å²) in [6, 6.07) is 0.455. The maximum Gasteiger partial charge on any atom is 0.147 e. The number of hydrogen-bond acceptors (Lipinski definition) is 4. The Morgan fingerprint density at radius 1 is 1.31 bits per heavy atom. The van der Waals surface area contributed by atoms with Crippen LogP contribution in [0.25, 0.3) is 0 Å². The summed E-state index contributed by atoms with van der Waals surface area (Å²) < 4.78 is 21.8. The fourth-order valence-electron chi connectivity index (χ4n) is 1.93. The number of Topliss-reactive ketones (excluding diaryl/α,β-unsaturated/α-hetero) is 1. The van der Waals surface area contributed by atoms with Gasteiger partial charge in [-0.15, -0.1) is 0 Å². The van der Waals surface area contributed by atoms with Gasteiger partial charge in [-0.1, -0.05) is 6.42 Å². The summed E-state index contributed by atoms with van der Waals surface area (Å²) in [6.45, 7) is 1.04. The van der Waals surface area contributed by atoms with E-state index >= 15 is 0 Å². The van der Waals surface area contributed by atoms with Crippen LogP contribution < -0.4 is 5.32 Å². The second-order valence-corrected chi connectivity index (χ2v) is 6.86. The van der Waals surface area contributed by atoms with E-state index in [1.807, 2.05) is 0 Å². The smallest absolute Gasteiger partial charge is 0.147 e. The van der Waals surface area contributed by atoms with E-state index in [-0.39, 0.29) is 18.0 Å². The number of carbonyl (C=O) groups is 1. The molecule has 16 heavy (non-hydrogen) atoms. The van der Waals surface area contributed by atoms with Crippen molar-refractivity contribution in [2.75, 3.05) is 18.6 Å². The maximum absolute atomic E-state index is 11.4. The molecular weight excluding hydrogens is 226 g/mol. The van der Waals surface area contributed by atoms with E-state index < -0.39 is 9.84 Å². The summed E-state index contributed by atoms with van der Waals surface area (Å²) in [6.07, 6.45) is 6.29. The monoisotopic (exact) mass is 247 g/mol. The van der Waals surface area contributed by atoms with Crippen molar-refractivity contribution in [3.63, 3.8) is 0 Å². The number of sulfone groups is 1. The van der Waals surface area contributed by atoms with Crippen molar-refractivity contribution in [2.24, 2.45) is 0 Å². The molecular formula is C11H21NO3S. The van der Waals surface area contributed by atoms with Crippen LogP contribution >= 0.6 is 0 Å². The van der Waals surface area contributed by atoms with E-state index in [0.29, 0.717) is 12.5 Å². The molecule has 1 aliphatic heterocycles. The van der Waals surface area contributed by atoms with Crippen molar-refractivity contribution < 1.29 is 13.2 Å². The second-order valence-electron chi connectivity index (χ2n) is 4.60. The standard InChI is InChI=1S/C11H21NO3S/c1-16(14,15)9-7-11(13)6-5-10-4-2-3-8-12-10/h10,12H,2-9H2,1H3. The van der Waals surface area contributed by atoms with Gasteiger partial charge in [-0.05, 0) is 25.8 Å². The summed E-state index contributed by atoms with van der Waals surface area (Å²) in [4.78, 5) is 11.4. The molecule has 1 atom stereocenters. The molecule has 0 radical (unpaired) electrons. The third kappa shape index (κ3) is 6.23. The first-order valence-electron chi connectivity index (χ1n) is 5.90. The van der Waals surface area contributed by atoms with E-state index in [1.165, 1.54) is 19.1 Å². The van der Waals surface area contributed by atoms with Crippen LogP contribution in [0.15, 0.2) is 0 Å². The first kappa shape index (κ1) is 13.6. The van der Waals surface area contributed by atoms with E-state index in [4.69, 9.17) is 0 Å². The zero-order chi connectivity index (χ0) is 12.0. The lowest BCUT2D eigenvalue weighted by molar-refractivity contribution is -0.118. The molecule has 0 aliphatic carbocycles. The highest BCUT2D eigenvalue weighted by Crippen LogP contribution is 2.12. The molecule has 1 aliphatic rings. The average Bonchev–Trinajstić information content (AvgIpc) is 2.24. The first-order valence-corrected chi connectivity index (χ1v) is 7.96. The van der Waals surface area contributed by atoms with Gasteiger partial charge in [0.2, 0.25) is 0 Å². The molecule has 5 heteroatoms. The van der Waals surface area contributed by atoms with Gasteiger partial charge in [-0.3, -0.25) is 4.79 Å². The van der Waals surface area contributed by atoms with Gasteiger partial charge in [0.1, 0.15) is 15.6 Å². The highest BCUT2D eigenvalue weighted by molar-refractivity contribution is 7.90. The third-order valence-corrected chi connectivity index (χ3v) is 3.88. The predicted octanol–water partition coefficient (Wildman–Crippen LogP) is 0.912. The Morgan fingerprint density at radius 2 is 2.06 bits per heavy atom. The quantitative estimate of drug-likeness (QED) is 0.758. The van der Waals surface area contributed by atoms with E-state index in [2.05, 4.69) is 5.32 Å². The maximum atomic E-state index is 11.4. The molecule has 0 bridgehead atoms. The number of nitrogens with one attached hydrogen (secondary N) is 1. The number of hydrogen-bond donors (Lipinski definition) is 1. The van der Waals surface area contributed by atoms with Crippen molar-refractivity contribution in [3.05, 3.63) is 0 Å². The van der Waals surface area contributed by atoms with E-state index in [1.54, 1.807) is 0 Å². The molecule has 0 aromatic rings. The minimum atomic E-state index is -3.00. The van der Waals surface area contributed by atoms with Crippen LogP contribution in [0.3, 0.4) is 0 Å². The Bertz CT molecular complexity index is 318. The van der Waals surface area contributed by atoms with Crippen LogP contribution in [0.1, 0.15) is 38.5 Å². The Kier molecular flexibility index (Phi) is 5.41. The lowest BCUT2D eigenvalue weighted by Gasteiger charge is -2.22. The van der Waals surface area contributed by atoms with Crippen LogP contribution in [0, 0.1) is 0 Å². The summed E-state index contributed by atoms with van der Waals surface area (Å²) >= 11 is 0. The lowest BCUT2D eigenvalue weighted by atomic mass is 9.99. The summed E-state index contributed by atoms with van der Waals surface area (Å²) in [7, 11) is -3.00. The Labute approximate surface area is 97.7 Å². The number of carbonyl (C=O) groups excluding carboxylic acids is 1. The first-order chi connectivity index (χ1) is 7.47. The van der Waals surface area contributed by atoms with Crippen molar-refractivity contribution in [2.45, 2.75) is 44.6 Å². The van der Waals surface area contributed by atoms with E-state index in [0.717, 1.165) is 19.4 Å². The van der Waals surface area contributed by atoms with Gasteiger partial charge in [0.25, 0.3) is 0 Å². The Balaban J connectivity index is 2.14. The molecule has 1 heterocycles. The third-order valence-electron chi connectivity index (χ3n) is 2.94. The van der Waals surface area contributed by atoms with Gasteiger partial charge < -0.3 is 5.32 Å². The summed E-state index contributed by atoms with van der Waals surface area (Å²) in [5.41, 5.74) is 0. The van der Waals surface area contributed by atoms with Crippen molar-refractivity contribution in [1.29, 1.82) is 0 Å². The van der Waals surface area contributed by atoms with E-state index in [9.17, 15) is 13.2 Å². The van der Waals surface area contributed by atoms with Gasteiger partial charge in [-0.2, -0.15) is 0 Å². The fourth-order valence-corrected chi connectivity index (χ4v) is 2.53. The average molecular weight is 247 g/mol. The molecule has 0 amide bonds. The minimum absolute atomic E-state index is 0.00999. The van der Waals surface area contributed by atoms with Crippen LogP contribution in [0.4, 0.5) is 0 Å². The van der Waals surface area contributed by atoms with Gasteiger partial charge in [0, 0.05) is 25.1 Å². The second kappa shape index (κ2) is 6.35. The normalized spacial score (nSPS) is 21.9. The van der Waals surface area contributed by atoms with Crippen molar-refractivity contribution in [3.8, 4) is 0 Å². The minimum Gasteiger partial charge on any atom is -0.314 e. The Morgan fingerprint density at radius 3 is 2.62 bits per heavy atom. The van der Waals surface area contributed by atoms with Crippen LogP contribution in [-0.2, 0) is 14.6 Å². The van der Waals surface area contributed by atoms with Gasteiger partial charge >= 0.3 is 0 Å². The molecule has 4 nitrogen and oxygen atoms in total. The number of rotatable bonds is 6. The molecule has 0 saturated carbocycles. The zero-order valence-corrected chi connectivity index (χ0v) is 10.7. The molecule has 1 fully saturated rings. The largest absolute Gasteiger partial charge is 0.314 e. The van der Waals surface area contributed by atoms with Gasteiger partial charge in [0.15, 0.2) is 0 Å². The molecule has 1 unspecified atom stereocenters. The molecule has 0 aromatic heterocycles. The summed E-state index contributed by atoms with van der Waals surface area (Å²) in [5.74, 6) is 0.0574. The molecule has 0 aromatic carbocycles. The van der Waals surface area contributed by atoms with Crippen LogP contribution in [0.2, 0.25) is 0 Å². The Hall–Kier alpha value is -0.420. The fraction of sp³-hybridized carbons (Fsp3) is 0.909. The van der Waals surface area contributed by atoms with Crippen molar-refractivity contribution >= 4 is 15.6 Å². The lowest BCUT2D eigenvalue weighted by Crippen LogP contribution is -2.34. The zero-order valence-electron chi connectivity index (χ0n) is 9.87. The molecule has 1 saturated heterocycles. The van der Waals surface area contributed by atoms with Gasteiger partial charge in [-0.25, -0.2) is 8.42 Å². The number of piperidine rings is 1. The predicted molar refractivity (Wildman–Crippen MR) is 64.2 cm³/mol. The number of ketones is 1. The van der Waals surface area contributed by atoms with Crippen LogP contribution in [-0.4, -0.2) is 38.8 Å². The molecule has 0 spiro atoms. The summed E-state index contributed by atoms with van der Waals surface area (Å²) in [5, 5.41) is 3.38. The van der Waals surface area contributed by atoms with Crippen molar-refractivity contribution in [1.82, 2.24) is 5.32 Å². The SMILES string of the molecule is CS(=O)(=O)CCC(=O)CCC1CCCCN1.